The number of esters is 1. The van der Waals surface area contributed by atoms with E-state index < -0.39 is 0 Å². The molecule has 33 heavy (non-hydrogen) atoms. The largest absolute Gasteiger partial charge is 0.493 e. The maximum atomic E-state index is 13.4. The van der Waals surface area contributed by atoms with E-state index in [9.17, 15) is 9.59 Å². The smallest absolute Gasteiger partial charge is 0.305 e. The zero-order valence-corrected chi connectivity index (χ0v) is 19.8. The third-order valence-corrected chi connectivity index (χ3v) is 5.90. The van der Waals surface area contributed by atoms with Gasteiger partial charge in [0.1, 0.15) is 0 Å². The molecule has 1 saturated heterocycles. The Labute approximate surface area is 195 Å². The quantitative estimate of drug-likeness (QED) is 0.562. The van der Waals surface area contributed by atoms with Crippen molar-refractivity contribution < 1.29 is 23.8 Å². The van der Waals surface area contributed by atoms with Gasteiger partial charge >= 0.3 is 5.97 Å². The SMILES string of the molecule is COC(=O)CCc1ccc(N2CCNCC2)cc1C(=O)NC(C)c1ccc(OC)c(OC)c1. The number of anilines is 1. The minimum absolute atomic E-state index is 0.186. The molecule has 8 heteroatoms. The van der Waals surface area contributed by atoms with E-state index in [4.69, 9.17) is 14.2 Å². The van der Waals surface area contributed by atoms with Crippen LogP contribution in [0.2, 0.25) is 0 Å². The van der Waals surface area contributed by atoms with E-state index in [0.29, 0.717) is 23.5 Å². The highest BCUT2D eigenvalue weighted by Gasteiger charge is 2.20. The number of hydrogen-bond acceptors (Lipinski definition) is 7. The number of amides is 1. The van der Waals surface area contributed by atoms with Gasteiger partial charge in [-0.25, -0.2) is 0 Å². The lowest BCUT2D eigenvalue weighted by atomic mass is 9.99. The van der Waals surface area contributed by atoms with Gasteiger partial charge in [0.25, 0.3) is 5.91 Å². The molecule has 0 aliphatic carbocycles. The first kappa shape index (κ1) is 24.4. The van der Waals surface area contributed by atoms with E-state index in [2.05, 4.69) is 15.5 Å². The molecule has 0 bridgehead atoms. The number of nitrogens with one attached hydrogen (secondary N) is 2. The number of carbonyl (C=O) groups is 2. The first-order valence-electron chi connectivity index (χ1n) is 11.1. The molecule has 2 N–H and O–H groups in total. The van der Waals surface area contributed by atoms with Crippen LogP contribution in [0.25, 0.3) is 0 Å². The maximum absolute atomic E-state index is 13.4. The molecule has 0 saturated carbocycles. The molecule has 3 rings (SSSR count). The first-order valence-corrected chi connectivity index (χ1v) is 11.1. The highest BCUT2D eigenvalue weighted by Crippen LogP contribution is 2.30. The Morgan fingerprint density at radius 3 is 2.42 bits per heavy atom. The van der Waals surface area contributed by atoms with Gasteiger partial charge in [-0.05, 0) is 48.7 Å². The number of benzene rings is 2. The van der Waals surface area contributed by atoms with Crippen molar-refractivity contribution in [3.05, 3.63) is 53.1 Å². The summed E-state index contributed by atoms with van der Waals surface area (Å²) in [7, 11) is 4.54. The minimum Gasteiger partial charge on any atom is -0.493 e. The van der Waals surface area contributed by atoms with Crippen molar-refractivity contribution in [1.29, 1.82) is 0 Å². The van der Waals surface area contributed by atoms with Gasteiger partial charge in [0.05, 0.1) is 27.4 Å². The molecule has 0 spiro atoms. The normalized spacial score (nSPS) is 14.4. The second-order valence-corrected chi connectivity index (χ2v) is 7.96. The molecule has 1 unspecified atom stereocenters. The fraction of sp³-hybridized carbons (Fsp3) is 0.440. The molecule has 8 nitrogen and oxygen atoms in total. The first-order chi connectivity index (χ1) is 16.0. The number of rotatable bonds is 9. The fourth-order valence-corrected chi connectivity index (χ4v) is 3.93. The maximum Gasteiger partial charge on any atom is 0.305 e. The number of carbonyl (C=O) groups excluding carboxylic acids is 2. The number of ether oxygens (including phenoxy) is 3. The molecular formula is C25H33N3O5. The topological polar surface area (TPSA) is 89.1 Å². The molecule has 1 amide bonds. The summed E-state index contributed by atoms with van der Waals surface area (Å²) in [6.07, 6.45) is 0.650. The van der Waals surface area contributed by atoms with Crippen LogP contribution >= 0.6 is 0 Å². The standard InChI is InChI=1S/C25H33N3O5/c1-17(19-6-9-22(31-2)23(15-19)32-3)27-25(30)21-16-20(28-13-11-26-12-14-28)8-5-18(21)7-10-24(29)33-4/h5-6,8-9,15-17,26H,7,10-14H2,1-4H3,(H,27,30). The highest BCUT2D eigenvalue weighted by atomic mass is 16.5. The van der Waals surface area contributed by atoms with Gasteiger partial charge in [0.2, 0.25) is 0 Å². The predicted octanol–water partition coefficient (Wildman–Crippen LogP) is 2.71. The van der Waals surface area contributed by atoms with Crippen molar-refractivity contribution in [3.63, 3.8) is 0 Å². The van der Waals surface area contributed by atoms with Crippen molar-refractivity contribution in [2.75, 3.05) is 52.4 Å². The van der Waals surface area contributed by atoms with Crippen molar-refractivity contribution in [1.82, 2.24) is 10.6 Å². The Hall–Kier alpha value is -3.26. The van der Waals surface area contributed by atoms with Gasteiger partial charge in [-0.15, -0.1) is 0 Å². The van der Waals surface area contributed by atoms with Gasteiger partial charge in [-0.2, -0.15) is 0 Å². The summed E-state index contributed by atoms with van der Waals surface area (Å²) in [6.45, 7) is 5.49. The zero-order valence-electron chi connectivity index (χ0n) is 19.8. The Morgan fingerprint density at radius 1 is 1.03 bits per heavy atom. The van der Waals surface area contributed by atoms with Gasteiger partial charge in [0.15, 0.2) is 11.5 Å². The summed E-state index contributed by atoms with van der Waals surface area (Å²) in [5.41, 5.74) is 3.29. The molecule has 1 aliphatic heterocycles. The van der Waals surface area contributed by atoms with Crippen LogP contribution in [0.1, 0.15) is 40.9 Å². The van der Waals surface area contributed by atoms with E-state index in [-0.39, 0.29) is 24.3 Å². The summed E-state index contributed by atoms with van der Waals surface area (Å²) < 4.78 is 15.5. The lowest BCUT2D eigenvalue weighted by Gasteiger charge is -2.30. The summed E-state index contributed by atoms with van der Waals surface area (Å²) >= 11 is 0. The molecule has 1 heterocycles. The Morgan fingerprint density at radius 2 is 1.76 bits per heavy atom. The predicted molar refractivity (Wildman–Crippen MR) is 127 cm³/mol. The Bertz CT molecular complexity index is 973. The Balaban J connectivity index is 1.84. The lowest BCUT2D eigenvalue weighted by Crippen LogP contribution is -2.43. The second kappa shape index (κ2) is 11.6. The molecule has 0 radical (unpaired) electrons. The van der Waals surface area contributed by atoms with E-state index in [1.54, 1.807) is 14.2 Å². The monoisotopic (exact) mass is 455 g/mol. The van der Waals surface area contributed by atoms with Crippen LogP contribution in [0.5, 0.6) is 11.5 Å². The summed E-state index contributed by atoms with van der Waals surface area (Å²) in [4.78, 5) is 27.3. The second-order valence-electron chi connectivity index (χ2n) is 7.96. The molecular weight excluding hydrogens is 422 g/mol. The van der Waals surface area contributed by atoms with Gasteiger partial charge in [0, 0.05) is 43.9 Å². The number of methoxy groups -OCH3 is 3. The molecule has 2 aromatic carbocycles. The van der Waals surface area contributed by atoms with Crippen LogP contribution in [0.3, 0.4) is 0 Å². The van der Waals surface area contributed by atoms with E-state index in [1.807, 2.05) is 43.3 Å². The van der Waals surface area contributed by atoms with Crippen LogP contribution in [-0.2, 0) is 16.0 Å². The summed E-state index contributed by atoms with van der Waals surface area (Å²) in [5, 5.41) is 6.43. The summed E-state index contributed by atoms with van der Waals surface area (Å²) in [6, 6.07) is 11.2. The highest BCUT2D eigenvalue weighted by molar-refractivity contribution is 5.97. The minimum atomic E-state index is -0.300. The third kappa shape index (κ3) is 6.16. The van der Waals surface area contributed by atoms with E-state index >= 15 is 0 Å². The fourth-order valence-electron chi connectivity index (χ4n) is 3.93. The number of aryl methyl sites for hydroxylation is 1. The number of piperazine rings is 1. The van der Waals surface area contributed by atoms with Crippen LogP contribution in [0.15, 0.2) is 36.4 Å². The molecule has 1 aliphatic rings. The van der Waals surface area contributed by atoms with Crippen LogP contribution in [-0.4, -0.2) is 59.4 Å². The molecule has 0 aromatic heterocycles. The molecule has 2 aromatic rings. The van der Waals surface area contributed by atoms with E-state index in [1.165, 1.54) is 7.11 Å². The number of hydrogen-bond donors (Lipinski definition) is 2. The van der Waals surface area contributed by atoms with Gasteiger partial charge < -0.3 is 29.7 Å². The van der Waals surface area contributed by atoms with Crippen molar-refractivity contribution in [2.45, 2.75) is 25.8 Å². The molecule has 1 atom stereocenters. The molecule has 1 fully saturated rings. The van der Waals surface area contributed by atoms with Crippen molar-refractivity contribution in [3.8, 4) is 11.5 Å². The van der Waals surface area contributed by atoms with E-state index in [0.717, 1.165) is 43.0 Å². The van der Waals surface area contributed by atoms with Crippen LogP contribution in [0.4, 0.5) is 5.69 Å². The zero-order chi connectivity index (χ0) is 23.8. The third-order valence-electron chi connectivity index (χ3n) is 5.90. The molecule has 178 valence electrons. The lowest BCUT2D eigenvalue weighted by molar-refractivity contribution is -0.140. The number of nitrogens with zero attached hydrogens (tertiary/aromatic N) is 1. The van der Waals surface area contributed by atoms with Crippen LogP contribution in [0, 0.1) is 0 Å². The van der Waals surface area contributed by atoms with Crippen LogP contribution < -0.4 is 25.0 Å². The van der Waals surface area contributed by atoms with Crippen molar-refractivity contribution >= 4 is 17.6 Å². The summed E-state index contributed by atoms with van der Waals surface area (Å²) in [5.74, 6) is 0.754. The average Bonchev–Trinajstić information content (AvgIpc) is 2.87. The van der Waals surface area contributed by atoms with Gasteiger partial charge in [-0.3, -0.25) is 9.59 Å². The Kier molecular flexibility index (Phi) is 8.54. The van der Waals surface area contributed by atoms with Crippen molar-refractivity contribution in [2.24, 2.45) is 0 Å². The van der Waals surface area contributed by atoms with Gasteiger partial charge in [-0.1, -0.05) is 12.1 Å². The average molecular weight is 456 g/mol.